The number of hydrogen-bond acceptors (Lipinski definition) is 7. The van der Waals surface area contributed by atoms with Gasteiger partial charge in [0.2, 0.25) is 0 Å². The number of nitrogens with zero attached hydrogens (tertiary/aromatic N) is 2. The lowest BCUT2D eigenvalue weighted by Gasteiger charge is -2.23. The van der Waals surface area contributed by atoms with Crippen LogP contribution < -0.4 is 14.4 Å². The SMILES string of the molecule is CCCCOc1cccc(/C(O)=C2\C(=O)C(=O)N(c3nc4ccc(OC)cc4s3)C2c2cccc(Br)c2)c1. The number of methoxy groups -OCH3 is 1. The van der Waals surface area contributed by atoms with Crippen molar-refractivity contribution in [3.63, 3.8) is 0 Å². The zero-order chi connectivity index (χ0) is 26.8. The third kappa shape index (κ3) is 4.91. The van der Waals surface area contributed by atoms with Crippen molar-refractivity contribution in [1.82, 2.24) is 4.98 Å². The topological polar surface area (TPSA) is 89.0 Å². The number of thiazole rings is 1. The smallest absolute Gasteiger partial charge is 0.301 e. The van der Waals surface area contributed by atoms with Crippen molar-refractivity contribution < 1.29 is 24.2 Å². The maximum absolute atomic E-state index is 13.5. The van der Waals surface area contributed by atoms with Crippen LogP contribution in [0.4, 0.5) is 5.13 Å². The van der Waals surface area contributed by atoms with Crippen molar-refractivity contribution in [3.05, 3.63) is 87.9 Å². The number of Topliss-reactive ketones (excluding diaryl/α,β-unsaturated/α-hetero) is 1. The molecule has 0 aliphatic carbocycles. The summed E-state index contributed by atoms with van der Waals surface area (Å²) in [5.41, 5.74) is 1.73. The molecule has 1 aliphatic heterocycles. The molecule has 1 unspecified atom stereocenters. The minimum atomic E-state index is -0.875. The summed E-state index contributed by atoms with van der Waals surface area (Å²) in [4.78, 5) is 33.0. The van der Waals surface area contributed by atoms with Crippen molar-refractivity contribution in [1.29, 1.82) is 0 Å². The maximum atomic E-state index is 13.5. The number of amides is 1. The zero-order valence-electron chi connectivity index (χ0n) is 20.8. The summed E-state index contributed by atoms with van der Waals surface area (Å²) < 4.78 is 12.7. The second-order valence-electron chi connectivity index (χ2n) is 8.78. The normalized spacial score (nSPS) is 16.8. The van der Waals surface area contributed by atoms with Gasteiger partial charge in [0.05, 0.1) is 35.5 Å². The summed E-state index contributed by atoms with van der Waals surface area (Å²) in [5, 5.41) is 11.8. The van der Waals surface area contributed by atoms with Crippen LogP contribution in [0.1, 0.15) is 36.9 Å². The third-order valence-corrected chi connectivity index (χ3v) is 7.78. The van der Waals surface area contributed by atoms with Crippen LogP contribution in [0, 0.1) is 0 Å². The van der Waals surface area contributed by atoms with Crippen LogP contribution in [0.5, 0.6) is 11.5 Å². The minimum absolute atomic E-state index is 0.00403. The molecule has 3 aromatic carbocycles. The number of ether oxygens (including phenoxy) is 2. The summed E-state index contributed by atoms with van der Waals surface area (Å²) in [7, 11) is 1.58. The molecule has 9 heteroatoms. The van der Waals surface area contributed by atoms with Gasteiger partial charge < -0.3 is 14.6 Å². The second kappa shape index (κ2) is 11.0. The van der Waals surface area contributed by atoms with Crippen molar-refractivity contribution >= 4 is 60.1 Å². The number of halogens is 1. The summed E-state index contributed by atoms with van der Waals surface area (Å²) in [6.07, 6.45) is 1.90. The molecule has 5 rings (SSSR count). The molecule has 0 spiro atoms. The number of aliphatic hydroxyl groups excluding tert-OH is 1. The molecule has 1 aromatic heterocycles. The average molecular weight is 593 g/mol. The van der Waals surface area contributed by atoms with Crippen molar-refractivity contribution in [2.45, 2.75) is 25.8 Å². The van der Waals surface area contributed by atoms with E-state index >= 15 is 0 Å². The lowest BCUT2D eigenvalue weighted by atomic mass is 9.95. The molecule has 1 amide bonds. The van der Waals surface area contributed by atoms with Crippen LogP contribution in [0.2, 0.25) is 0 Å². The first-order valence-electron chi connectivity index (χ1n) is 12.2. The fourth-order valence-electron chi connectivity index (χ4n) is 4.37. The molecule has 194 valence electrons. The Morgan fingerprint density at radius 1 is 1.08 bits per heavy atom. The number of carbonyl (C=O) groups is 2. The standard InChI is InChI=1S/C29H25BrN2O5S/c1-3-4-13-37-21-10-6-8-18(15-21)26(33)24-25(17-7-5-9-19(30)14-17)32(28(35)27(24)34)29-31-22-12-11-20(36-2)16-23(22)38-29/h5-12,14-16,25,33H,3-4,13H2,1-2H3/b26-24+. The van der Waals surface area contributed by atoms with Gasteiger partial charge in [-0.3, -0.25) is 14.5 Å². The molecule has 0 saturated carbocycles. The molecule has 4 aromatic rings. The van der Waals surface area contributed by atoms with Crippen LogP contribution in [-0.2, 0) is 9.59 Å². The van der Waals surface area contributed by atoms with Crippen LogP contribution in [0.25, 0.3) is 16.0 Å². The summed E-state index contributed by atoms with van der Waals surface area (Å²) in [5.74, 6) is -0.547. The van der Waals surface area contributed by atoms with Crippen molar-refractivity contribution in [2.24, 2.45) is 0 Å². The van der Waals surface area contributed by atoms with Gasteiger partial charge in [0, 0.05) is 10.0 Å². The molecule has 7 nitrogen and oxygen atoms in total. The van der Waals surface area contributed by atoms with E-state index in [2.05, 4.69) is 27.8 Å². The Balaban J connectivity index is 1.65. The van der Waals surface area contributed by atoms with Crippen molar-refractivity contribution in [3.8, 4) is 11.5 Å². The molecule has 0 radical (unpaired) electrons. The van der Waals surface area contributed by atoms with Gasteiger partial charge in [-0.15, -0.1) is 0 Å². The summed E-state index contributed by atoms with van der Waals surface area (Å²) in [6.45, 7) is 2.63. The number of anilines is 1. The average Bonchev–Trinajstić information content (AvgIpc) is 3.46. The van der Waals surface area contributed by atoms with Crippen molar-refractivity contribution in [2.75, 3.05) is 18.6 Å². The molecule has 2 heterocycles. The van der Waals surface area contributed by atoms with Gasteiger partial charge in [0.15, 0.2) is 5.13 Å². The zero-order valence-corrected chi connectivity index (χ0v) is 23.2. The van der Waals surface area contributed by atoms with E-state index in [4.69, 9.17) is 9.47 Å². The summed E-state index contributed by atoms with van der Waals surface area (Å²) in [6, 6.07) is 18.8. The lowest BCUT2D eigenvalue weighted by Crippen LogP contribution is -2.29. The van der Waals surface area contributed by atoms with E-state index < -0.39 is 17.7 Å². The number of benzene rings is 3. The molecular weight excluding hydrogens is 568 g/mol. The fourth-order valence-corrected chi connectivity index (χ4v) is 5.81. The van der Waals surface area contributed by atoms with Crippen LogP contribution >= 0.6 is 27.3 Å². The Hall–Kier alpha value is -3.69. The molecular formula is C29H25BrN2O5S. The third-order valence-electron chi connectivity index (χ3n) is 6.27. The molecule has 38 heavy (non-hydrogen) atoms. The lowest BCUT2D eigenvalue weighted by molar-refractivity contribution is -0.132. The van der Waals surface area contributed by atoms with E-state index in [0.717, 1.165) is 22.0 Å². The molecule has 1 fully saturated rings. The molecule has 1 saturated heterocycles. The van der Waals surface area contributed by atoms with Gasteiger partial charge >= 0.3 is 5.91 Å². The highest BCUT2D eigenvalue weighted by Crippen LogP contribution is 2.45. The minimum Gasteiger partial charge on any atom is -0.507 e. The Kier molecular flexibility index (Phi) is 7.49. The number of carbonyl (C=O) groups excluding carboxylic acids is 2. The van der Waals surface area contributed by atoms with Gasteiger partial charge in [-0.25, -0.2) is 4.98 Å². The van der Waals surface area contributed by atoms with E-state index in [9.17, 15) is 14.7 Å². The van der Waals surface area contributed by atoms with Crippen LogP contribution in [0.3, 0.4) is 0 Å². The fraction of sp³-hybridized carbons (Fsp3) is 0.207. The first-order valence-corrected chi connectivity index (χ1v) is 13.8. The Labute approximate surface area is 232 Å². The Morgan fingerprint density at radius 2 is 1.89 bits per heavy atom. The van der Waals surface area contributed by atoms with E-state index in [0.29, 0.717) is 39.9 Å². The van der Waals surface area contributed by atoms with E-state index in [1.54, 1.807) is 37.4 Å². The van der Waals surface area contributed by atoms with Gasteiger partial charge in [-0.2, -0.15) is 0 Å². The Morgan fingerprint density at radius 3 is 2.66 bits per heavy atom. The quantitative estimate of drug-likeness (QED) is 0.104. The van der Waals surface area contributed by atoms with Gasteiger partial charge in [-0.05, 0) is 54.4 Å². The second-order valence-corrected chi connectivity index (χ2v) is 10.7. The highest BCUT2D eigenvalue weighted by atomic mass is 79.9. The number of rotatable bonds is 8. The number of aromatic nitrogens is 1. The summed E-state index contributed by atoms with van der Waals surface area (Å²) >= 11 is 4.77. The predicted molar refractivity (Wildman–Crippen MR) is 152 cm³/mol. The first-order chi connectivity index (χ1) is 18.4. The number of hydrogen-bond donors (Lipinski definition) is 1. The number of unbranched alkanes of at least 4 members (excludes halogenated alkanes) is 1. The number of aliphatic hydroxyl groups is 1. The first kappa shape index (κ1) is 25.9. The molecule has 1 N–H and O–H groups in total. The molecule has 1 atom stereocenters. The molecule has 0 bridgehead atoms. The van der Waals surface area contributed by atoms with Gasteiger partial charge in [-0.1, -0.05) is 64.9 Å². The maximum Gasteiger partial charge on any atom is 0.301 e. The van der Waals surface area contributed by atoms with E-state index in [1.807, 2.05) is 36.4 Å². The number of ketones is 1. The van der Waals surface area contributed by atoms with E-state index in [1.165, 1.54) is 16.2 Å². The van der Waals surface area contributed by atoms with Crippen LogP contribution in [0.15, 0.2) is 76.8 Å². The van der Waals surface area contributed by atoms with E-state index in [-0.39, 0.29) is 11.3 Å². The number of fused-ring (bicyclic) bond motifs is 1. The largest absolute Gasteiger partial charge is 0.507 e. The Bertz CT molecular complexity index is 1560. The van der Waals surface area contributed by atoms with Crippen LogP contribution in [-0.4, -0.2) is 35.5 Å². The van der Waals surface area contributed by atoms with Gasteiger partial charge in [0.1, 0.15) is 17.3 Å². The predicted octanol–water partition coefficient (Wildman–Crippen LogP) is 6.87. The van der Waals surface area contributed by atoms with Gasteiger partial charge in [0.25, 0.3) is 5.78 Å². The highest BCUT2D eigenvalue weighted by Gasteiger charge is 2.48. The highest BCUT2D eigenvalue weighted by molar-refractivity contribution is 9.10. The molecule has 1 aliphatic rings. The monoisotopic (exact) mass is 592 g/mol.